The van der Waals surface area contributed by atoms with Crippen molar-refractivity contribution in [3.8, 4) is 0 Å². The van der Waals surface area contributed by atoms with Gasteiger partial charge in [-0.1, -0.05) is 6.07 Å². The molecule has 0 aliphatic rings. The SMILES string of the molecule is C[NH2+]Cc1cccc(C[NH2+]C)n1.[Cl-].[Cl-]. The molecule has 1 aromatic heterocycles. The van der Waals surface area contributed by atoms with Crippen LogP contribution < -0.4 is 35.4 Å². The van der Waals surface area contributed by atoms with Crippen LogP contribution in [0.25, 0.3) is 0 Å². The van der Waals surface area contributed by atoms with Gasteiger partial charge in [-0.3, -0.25) is 0 Å². The van der Waals surface area contributed by atoms with Crippen LogP contribution in [0.5, 0.6) is 0 Å². The van der Waals surface area contributed by atoms with Crippen molar-refractivity contribution in [2.24, 2.45) is 0 Å². The molecule has 0 saturated heterocycles. The lowest BCUT2D eigenvalue weighted by atomic mass is 10.3. The molecule has 0 fully saturated rings. The maximum absolute atomic E-state index is 4.49. The van der Waals surface area contributed by atoms with Gasteiger partial charge in [0.2, 0.25) is 0 Å². The van der Waals surface area contributed by atoms with Crippen LogP contribution in [0.3, 0.4) is 0 Å². The first kappa shape index (κ1) is 16.1. The van der Waals surface area contributed by atoms with Crippen LogP contribution in [0.2, 0.25) is 0 Å². The van der Waals surface area contributed by atoms with Crippen molar-refractivity contribution in [3.05, 3.63) is 29.6 Å². The van der Waals surface area contributed by atoms with Gasteiger partial charge >= 0.3 is 0 Å². The number of nitrogens with two attached hydrogens (primary N) is 2. The van der Waals surface area contributed by atoms with E-state index in [1.807, 2.05) is 0 Å². The second-order valence-corrected chi connectivity index (χ2v) is 2.85. The van der Waals surface area contributed by atoms with Gasteiger partial charge in [-0.2, -0.15) is 0 Å². The highest BCUT2D eigenvalue weighted by Crippen LogP contribution is 1.95. The summed E-state index contributed by atoms with van der Waals surface area (Å²) in [5, 5.41) is 4.25. The predicted octanol–water partition coefficient (Wildman–Crippen LogP) is -7.52. The summed E-state index contributed by atoms with van der Waals surface area (Å²) in [6.07, 6.45) is 0. The Morgan fingerprint density at radius 2 is 1.43 bits per heavy atom. The Kier molecular flexibility index (Phi) is 10.6. The number of quaternary nitrogens is 2. The molecule has 0 aliphatic carbocycles. The van der Waals surface area contributed by atoms with Crippen LogP contribution in [-0.2, 0) is 13.1 Å². The summed E-state index contributed by atoms with van der Waals surface area (Å²) in [4.78, 5) is 4.49. The predicted molar refractivity (Wildman–Crippen MR) is 47.3 cm³/mol. The van der Waals surface area contributed by atoms with Crippen molar-refractivity contribution in [1.29, 1.82) is 0 Å². The number of aromatic nitrogens is 1. The second-order valence-electron chi connectivity index (χ2n) is 2.85. The molecule has 0 atom stereocenters. The summed E-state index contributed by atoms with van der Waals surface area (Å²) >= 11 is 0. The van der Waals surface area contributed by atoms with E-state index >= 15 is 0 Å². The molecule has 0 radical (unpaired) electrons. The maximum Gasteiger partial charge on any atom is 0.118 e. The Morgan fingerprint density at radius 3 is 1.79 bits per heavy atom. The number of hydrogen-bond acceptors (Lipinski definition) is 1. The molecule has 1 heterocycles. The van der Waals surface area contributed by atoms with Gasteiger partial charge in [0.1, 0.15) is 13.1 Å². The van der Waals surface area contributed by atoms with E-state index in [4.69, 9.17) is 0 Å². The summed E-state index contributed by atoms with van der Waals surface area (Å²) < 4.78 is 0. The topological polar surface area (TPSA) is 46.1 Å². The minimum Gasteiger partial charge on any atom is -1.00 e. The molecule has 5 heteroatoms. The lowest BCUT2D eigenvalue weighted by Crippen LogP contribution is -3.00. The Morgan fingerprint density at radius 1 is 1.00 bits per heavy atom. The fourth-order valence-electron chi connectivity index (χ4n) is 1.17. The minimum atomic E-state index is 0. The summed E-state index contributed by atoms with van der Waals surface area (Å²) in [6.45, 7) is 1.94. The van der Waals surface area contributed by atoms with Crippen molar-refractivity contribution in [1.82, 2.24) is 4.98 Å². The zero-order valence-electron chi connectivity index (χ0n) is 8.50. The van der Waals surface area contributed by atoms with Gasteiger partial charge in [-0.05, 0) is 12.1 Å². The number of nitrogens with zero attached hydrogens (tertiary/aromatic N) is 1. The van der Waals surface area contributed by atoms with E-state index in [0.717, 1.165) is 24.5 Å². The van der Waals surface area contributed by atoms with Crippen LogP contribution in [0.4, 0.5) is 0 Å². The Hall–Kier alpha value is -0.350. The van der Waals surface area contributed by atoms with Crippen LogP contribution in [0.15, 0.2) is 18.2 Å². The largest absolute Gasteiger partial charge is 1.00 e. The monoisotopic (exact) mass is 237 g/mol. The molecular weight excluding hydrogens is 221 g/mol. The van der Waals surface area contributed by atoms with Gasteiger partial charge in [0.05, 0.1) is 25.5 Å². The van der Waals surface area contributed by atoms with Crippen LogP contribution in [-0.4, -0.2) is 19.1 Å². The van der Waals surface area contributed by atoms with E-state index < -0.39 is 0 Å². The van der Waals surface area contributed by atoms with Gasteiger partial charge in [0.25, 0.3) is 0 Å². The molecule has 82 valence electrons. The first-order valence-corrected chi connectivity index (χ1v) is 4.37. The van der Waals surface area contributed by atoms with Gasteiger partial charge in [-0.15, -0.1) is 0 Å². The molecule has 3 nitrogen and oxygen atoms in total. The van der Waals surface area contributed by atoms with Gasteiger partial charge in [-0.25, -0.2) is 4.98 Å². The summed E-state index contributed by atoms with van der Waals surface area (Å²) in [7, 11) is 4.11. The molecular formula is C9H17Cl2N3. The van der Waals surface area contributed by atoms with E-state index in [1.165, 1.54) is 0 Å². The first-order chi connectivity index (χ1) is 5.86. The number of pyridine rings is 1. The average Bonchev–Trinajstić information content (AvgIpc) is 2.06. The number of rotatable bonds is 4. The fraction of sp³-hybridized carbons (Fsp3) is 0.444. The highest BCUT2D eigenvalue weighted by molar-refractivity contribution is 5.09. The van der Waals surface area contributed by atoms with E-state index in [-0.39, 0.29) is 24.8 Å². The summed E-state index contributed by atoms with van der Waals surface area (Å²) in [5.41, 5.74) is 2.33. The molecule has 0 aromatic carbocycles. The number of halogens is 2. The van der Waals surface area contributed by atoms with E-state index in [2.05, 4.69) is 47.9 Å². The molecule has 0 bridgehead atoms. The van der Waals surface area contributed by atoms with Crippen LogP contribution in [0, 0.1) is 0 Å². The van der Waals surface area contributed by atoms with Gasteiger partial charge in [0.15, 0.2) is 0 Å². The quantitative estimate of drug-likeness (QED) is 0.538. The normalized spacial score (nSPS) is 8.71. The van der Waals surface area contributed by atoms with E-state index in [0.29, 0.717) is 0 Å². The highest BCUT2D eigenvalue weighted by atomic mass is 35.5. The average molecular weight is 238 g/mol. The first-order valence-electron chi connectivity index (χ1n) is 4.37. The van der Waals surface area contributed by atoms with Crippen LogP contribution in [0.1, 0.15) is 11.4 Å². The van der Waals surface area contributed by atoms with Crippen molar-refractivity contribution in [2.75, 3.05) is 14.1 Å². The third kappa shape index (κ3) is 5.40. The molecule has 0 unspecified atom stereocenters. The zero-order chi connectivity index (χ0) is 8.81. The van der Waals surface area contributed by atoms with Crippen LogP contribution >= 0.6 is 0 Å². The third-order valence-corrected chi connectivity index (χ3v) is 1.69. The Balaban J connectivity index is 0. The van der Waals surface area contributed by atoms with Crippen molar-refractivity contribution in [2.45, 2.75) is 13.1 Å². The fourth-order valence-corrected chi connectivity index (χ4v) is 1.17. The lowest BCUT2D eigenvalue weighted by Gasteiger charge is -1.99. The molecule has 0 amide bonds. The van der Waals surface area contributed by atoms with E-state index in [1.54, 1.807) is 0 Å². The minimum absolute atomic E-state index is 0. The Labute approximate surface area is 97.5 Å². The third-order valence-electron chi connectivity index (χ3n) is 1.69. The standard InChI is InChI=1S/C9H15N3.2ClH/c1-10-6-8-4-3-5-9(12-8)7-11-2;;/h3-5,10-11H,6-7H2,1-2H3;2*1H. The smallest absolute Gasteiger partial charge is 0.118 e. The molecule has 4 N–H and O–H groups in total. The molecule has 14 heavy (non-hydrogen) atoms. The summed E-state index contributed by atoms with van der Waals surface area (Å²) in [5.74, 6) is 0. The lowest BCUT2D eigenvalue weighted by molar-refractivity contribution is -0.645. The molecule has 0 spiro atoms. The summed E-state index contributed by atoms with van der Waals surface area (Å²) in [6, 6.07) is 6.21. The molecule has 0 aliphatic heterocycles. The number of hydrogen-bond donors (Lipinski definition) is 2. The molecule has 1 rings (SSSR count). The van der Waals surface area contributed by atoms with Crippen molar-refractivity contribution >= 4 is 0 Å². The van der Waals surface area contributed by atoms with Crippen molar-refractivity contribution in [3.63, 3.8) is 0 Å². The maximum atomic E-state index is 4.49. The zero-order valence-corrected chi connectivity index (χ0v) is 10.0. The highest BCUT2D eigenvalue weighted by Gasteiger charge is 1.98. The Bertz CT molecular complexity index is 222. The van der Waals surface area contributed by atoms with Gasteiger partial charge in [0, 0.05) is 0 Å². The molecule has 0 saturated carbocycles. The van der Waals surface area contributed by atoms with Gasteiger partial charge < -0.3 is 35.4 Å². The second kappa shape index (κ2) is 9.21. The molecule has 1 aromatic rings. The van der Waals surface area contributed by atoms with Crippen molar-refractivity contribution < 1.29 is 35.4 Å². The van der Waals surface area contributed by atoms with E-state index in [9.17, 15) is 0 Å².